The second-order valence-corrected chi connectivity index (χ2v) is 8.10. The summed E-state index contributed by atoms with van der Waals surface area (Å²) in [4.78, 5) is 5.43. The van der Waals surface area contributed by atoms with Gasteiger partial charge in [0.2, 0.25) is 0 Å². The minimum atomic E-state index is 0.530. The molecule has 0 aliphatic carbocycles. The number of nitrogens with zero attached hydrogens (tertiary/aromatic N) is 3. The van der Waals surface area contributed by atoms with E-state index in [4.69, 9.17) is 32.7 Å². The topological polar surface area (TPSA) is 61.2 Å². The van der Waals surface area contributed by atoms with Crippen LogP contribution >= 0.6 is 34.5 Å². The summed E-state index contributed by atoms with van der Waals surface area (Å²) in [6.45, 7) is 0.565. The highest BCUT2D eigenvalue weighted by atomic mass is 35.5. The Labute approximate surface area is 188 Å². The summed E-state index contributed by atoms with van der Waals surface area (Å²) in [6, 6.07) is 13.0. The molecule has 9 heteroatoms. The largest absolute Gasteiger partial charge is 0.497 e. The van der Waals surface area contributed by atoms with Gasteiger partial charge < -0.3 is 14.8 Å². The van der Waals surface area contributed by atoms with Crippen LogP contribution in [-0.2, 0) is 6.54 Å². The monoisotopic (exact) mass is 460 g/mol. The molecule has 4 aromatic rings. The Hall–Kier alpha value is -2.74. The first-order valence-electron chi connectivity index (χ1n) is 9.00. The lowest BCUT2D eigenvalue weighted by atomic mass is 10.2. The third-order valence-electron chi connectivity index (χ3n) is 4.47. The minimum absolute atomic E-state index is 0.530. The summed E-state index contributed by atoms with van der Waals surface area (Å²) in [5, 5.41) is 9.58. The minimum Gasteiger partial charge on any atom is -0.497 e. The summed E-state index contributed by atoms with van der Waals surface area (Å²) < 4.78 is 12.4. The quantitative estimate of drug-likeness (QED) is 0.370. The number of benzene rings is 2. The van der Waals surface area contributed by atoms with E-state index in [0.717, 1.165) is 32.8 Å². The molecule has 2 aromatic carbocycles. The Morgan fingerprint density at radius 3 is 2.60 bits per heavy atom. The van der Waals surface area contributed by atoms with E-state index in [-0.39, 0.29) is 0 Å². The Morgan fingerprint density at radius 2 is 1.87 bits per heavy atom. The third-order valence-corrected chi connectivity index (χ3v) is 6.06. The first-order valence-corrected chi connectivity index (χ1v) is 10.6. The van der Waals surface area contributed by atoms with Crippen LogP contribution in [0.1, 0.15) is 5.56 Å². The molecule has 2 aromatic heterocycles. The van der Waals surface area contributed by atoms with Gasteiger partial charge >= 0.3 is 0 Å². The molecule has 6 nitrogen and oxygen atoms in total. The van der Waals surface area contributed by atoms with Crippen LogP contribution in [-0.4, -0.2) is 29.0 Å². The van der Waals surface area contributed by atoms with Gasteiger partial charge in [-0.3, -0.25) is 0 Å². The molecule has 0 atom stereocenters. The number of rotatable bonds is 7. The second-order valence-electron chi connectivity index (χ2n) is 6.26. The van der Waals surface area contributed by atoms with E-state index in [1.165, 1.54) is 11.3 Å². The number of hydrogen-bond acceptors (Lipinski definition) is 6. The molecule has 0 aliphatic heterocycles. The maximum atomic E-state index is 6.36. The van der Waals surface area contributed by atoms with Crippen molar-refractivity contribution in [1.82, 2.24) is 14.8 Å². The zero-order valence-electron chi connectivity index (χ0n) is 16.2. The lowest BCUT2D eigenvalue weighted by molar-refractivity contribution is 0.391. The first-order chi connectivity index (χ1) is 14.6. The SMILES string of the molecule is COc1ccc(CNc2ncc(-c3ccnn3-c3c(Cl)cccc3Cl)s2)c(OC)c1. The van der Waals surface area contributed by atoms with Crippen LogP contribution in [0.25, 0.3) is 16.3 Å². The summed E-state index contributed by atoms with van der Waals surface area (Å²) >= 11 is 14.2. The predicted octanol–water partition coefficient (Wildman–Crippen LogP) is 5.93. The summed E-state index contributed by atoms with van der Waals surface area (Å²) in [7, 11) is 3.27. The average Bonchev–Trinajstić information content (AvgIpc) is 3.41. The van der Waals surface area contributed by atoms with E-state index < -0.39 is 0 Å². The van der Waals surface area contributed by atoms with Gasteiger partial charge in [0.25, 0.3) is 0 Å². The molecule has 0 unspecified atom stereocenters. The lowest BCUT2D eigenvalue weighted by Gasteiger charge is -2.11. The fraction of sp³-hybridized carbons (Fsp3) is 0.143. The number of para-hydroxylation sites is 1. The van der Waals surface area contributed by atoms with Crippen molar-refractivity contribution in [2.45, 2.75) is 6.54 Å². The molecule has 30 heavy (non-hydrogen) atoms. The number of methoxy groups -OCH3 is 2. The standard InChI is InChI=1S/C21H18Cl2N4O2S/c1-28-14-7-6-13(18(10-14)29-2)11-24-21-25-12-19(30-21)17-8-9-26-27(17)20-15(22)4-3-5-16(20)23/h3-10,12H,11H2,1-2H3,(H,24,25). The van der Waals surface area contributed by atoms with Crippen LogP contribution in [0, 0.1) is 0 Å². The molecule has 4 rings (SSSR count). The van der Waals surface area contributed by atoms with Gasteiger partial charge in [0, 0.05) is 24.4 Å². The second kappa shape index (κ2) is 8.95. The van der Waals surface area contributed by atoms with Crippen molar-refractivity contribution in [1.29, 1.82) is 0 Å². The van der Waals surface area contributed by atoms with Crippen LogP contribution in [0.15, 0.2) is 54.9 Å². The predicted molar refractivity (Wildman–Crippen MR) is 122 cm³/mol. The highest BCUT2D eigenvalue weighted by Crippen LogP contribution is 2.35. The zero-order chi connectivity index (χ0) is 21.1. The third kappa shape index (κ3) is 4.09. The van der Waals surface area contributed by atoms with Crippen molar-refractivity contribution in [3.8, 4) is 27.8 Å². The van der Waals surface area contributed by atoms with E-state index >= 15 is 0 Å². The Bertz CT molecular complexity index is 1160. The smallest absolute Gasteiger partial charge is 0.183 e. The van der Waals surface area contributed by atoms with Crippen molar-refractivity contribution in [3.63, 3.8) is 0 Å². The summed E-state index contributed by atoms with van der Waals surface area (Å²) in [5.74, 6) is 1.50. The highest BCUT2D eigenvalue weighted by molar-refractivity contribution is 7.18. The fourth-order valence-electron chi connectivity index (χ4n) is 3.00. The zero-order valence-corrected chi connectivity index (χ0v) is 18.6. The normalized spacial score (nSPS) is 10.8. The van der Waals surface area contributed by atoms with E-state index in [1.807, 2.05) is 24.3 Å². The Morgan fingerprint density at radius 1 is 1.07 bits per heavy atom. The number of anilines is 1. The van der Waals surface area contributed by atoms with Gasteiger partial charge in [-0.2, -0.15) is 5.10 Å². The molecule has 1 N–H and O–H groups in total. The number of halogens is 2. The van der Waals surface area contributed by atoms with Crippen molar-refractivity contribution in [2.24, 2.45) is 0 Å². The van der Waals surface area contributed by atoms with Gasteiger partial charge in [-0.25, -0.2) is 9.67 Å². The number of hydrogen-bond donors (Lipinski definition) is 1. The molecule has 154 valence electrons. The Balaban J connectivity index is 1.56. The van der Waals surface area contributed by atoms with Crippen LogP contribution in [0.2, 0.25) is 10.0 Å². The number of ether oxygens (including phenoxy) is 2. The summed E-state index contributed by atoms with van der Waals surface area (Å²) in [6.07, 6.45) is 3.51. The van der Waals surface area contributed by atoms with Gasteiger partial charge in [-0.05, 0) is 30.3 Å². The summed E-state index contributed by atoms with van der Waals surface area (Å²) in [5.41, 5.74) is 2.51. The van der Waals surface area contributed by atoms with Crippen LogP contribution < -0.4 is 14.8 Å². The molecule has 0 spiro atoms. The van der Waals surface area contributed by atoms with Crippen molar-refractivity contribution in [3.05, 3.63) is 70.5 Å². The van der Waals surface area contributed by atoms with E-state index in [9.17, 15) is 0 Å². The van der Waals surface area contributed by atoms with Gasteiger partial charge in [0.05, 0.1) is 41.0 Å². The maximum Gasteiger partial charge on any atom is 0.183 e. The van der Waals surface area contributed by atoms with Gasteiger partial charge in [-0.1, -0.05) is 40.6 Å². The van der Waals surface area contributed by atoms with Crippen LogP contribution in [0.3, 0.4) is 0 Å². The van der Waals surface area contributed by atoms with Gasteiger partial charge in [0.1, 0.15) is 17.2 Å². The van der Waals surface area contributed by atoms with Crippen molar-refractivity contribution >= 4 is 39.7 Å². The number of aromatic nitrogens is 3. The number of thiazole rings is 1. The molecule has 0 saturated carbocycles. The van der Waals surface area contributed by atoms with E-state index in [1.54, 1.807) is 49.5 Å². The molecular formula is C21H18Cl2N4O2S. The van der Waals surface area contributed by atoms with Gasteiger partial charge in [-0.15, -0.1) is 0 Å². The fourth-order valence-corrected chi connectivity index (χ4v) is 4.38. The highest BCUT2D eigenvalue weighted by Gasteiger charge is 2.16. The molecule has 0 amide bonds. The van der Waals surface area contributed by atoms with Crippen LogP contribution in [0.5, 0.6) is 11.5 Å². The van der Waals surface area contributed by atoms with E-state index in [0.29, 0.717) is 22.3 Å². The van der Waals surface area contributed by atoms with Crippen molar-refractivity contribution < 1.29 is 9.47 Å². The Kier molecular flexibility index (Phi) is 6.13. The molecule has 0 fully saturated rings. The molecule has 2 heterocycles. The van der Waals surface area contributed by atoms with Crippen LogP contribution in [0.4, 0.5) is 5.13 Å². The molecular weight excluding hydrogens is 443 g/mol. The lowest BCUT2D eigenvalue weighted by Crippen LogP contribution is -2.01. The van der Waals surface area contributed by atoms with Gasteiger partial charge in [0.15, 0.2) is 5.13 Å². The first kappa shape index (κ1) is 20.5. The molecule has 0 radical (unpaired) electrons. The molecule has 0 aliphatic rings. The average molecular weight is 461 g/mol. The van der Waals surface area contributed by atoms with Crippen molar-refractivity contribution in [2.75, 3.05) is 19.5 Å². The molecule has 0 saturated heterocycles. The maximum absolute atomic E-state index is 6.36. The van der Waals surface area contributed by atoms with E-state index in [2.05, 4.69) is 15.4 Å². The number of nitrogens with one attached hydrogen (secondary N) is 1. The molecule has 0 bridgehead atoms.